The Labute approximate surface area is 243 Å². The molecule has 0 rings (SSSR count). The zero-order valence-electron chi connectivity index (χ0n) is 26.4. The van der Waals surface area contributed by atoms with Gasteiger partial charge in [0.2, 0.25) is 0 Å². The summed E-state index contributed by atoms with van der Waals surface area (Å²) in [6.07, 6.45) is 34.2. The molecule has 0 radical (unpaired) electrons. The average molecular weight is 553 g/mol. The molecule has 2 N–H and O–H groups in total. The van der Waals surface area contributed by atoms with Crippen molar-refractivity contribution in [2.75, 3.05) is 6.61 Å². The van der Waals surface area contributed by atoms with Crippen LogP contribution in [0.3, 0.4) is 0 Å². The average Bonchev–Trinajstić information content (AvgIpc) is 2.93. The van der Waals surface area contributed by atoms with E-state index in [-0.39, 0.29) is 5.78 Å². The molecule has 1 atom stereocenters. The highest BCUT2D eigenvalue weighted by atomic mass is 16.4. The van der Waals surface area contributed by atoms with E-state index in [2.05, 4.69) is 6.92 Å². The monoisotopic (exact) mass is 553 g/mol. The molecule has 0 heterocycles. The minimum absolute atomic E-state index is 0.0635. The predicted octanol–water partition coefficient (Wildman–Crippen LogP) is 11.0. The molecule has 0 aromatic rings. The lowest BCUT2D eigenvalue weighted by Gasteiger charge is -2.23. The molecule has 1 unspecified atom stereocenters. The second-order valence-corrected chi connectivity index (χ2v) is 12.5. The summed E-state index contributed by atoms with van der Waals surface area (Å²) < 4.78 is 0. The number of unbranched alkanes of at least 4 members (excludes halogenated alkanes) is 25. The maximum Gasteiger partial charge on any atom is 0.316 e. The number of Topliss-reactive ketones (excluding diaryl/α,β-unsaturated/α-hetero) is 1. The third-order valence-electron chi connectivity index (χ3n) is 8.68. The lowest BCUT2D eigenvalue weighted by molar-refractivity contribution is -0.154. The largest absolute Gasteiger partial charge is 0.481 e. The SMILES string of the molecule is CCCCCCCCCCCCCCCC(=O)C(C)(CCCCCCCCCCCCCCCCO)C(=O)O. The Balaban J connectivity index is 3.70. The van der Waals surface area contributed by atoms with Crippen molar-refractivity contribution in [3.63, 3.8) is 0 Å². The first kappa shape index (κ1) is 38.1. The number of hydrogen-bond acceptors (Lipinski definition) is 3. The van der Waals surface area contributed by atoms with Crippen LogP contribution in [0, 0.1) is 5.41 Å². The summed E-state index contributed by atoms with van der Waals surface area (Å²) in [7, 11) is 0. The Morgan fingerprint density at radius 2 is 0.795 bits per heavy atom. The smallest absolute Gasteiger partial charge is 0.316 e. The van der Waals surface area contributed by atoms with Gasteiger partial charge in [0.05, 0.1) is 0 Å². The summed E-state index contributed by atoms with van der Waals surface area (Å²) in [6.45, 7) is 4.25. The highest BCUT2D eigenvalue weighted by molar-refractivity contribution is 6.02. The van der Waals surface area contributed by atoms with Gasteiger partial charge in [-0.25, -0.2) is 0 Å². The van der Waals surface area contributed by atoms with E-state index in [1.54, 1.807) is 6.92 Å². The second-order valence-electron chi connectivity index (χ2n) is 12.5. The number of hydrogen-bond donors (Lipinski definition) is 2. The minimum atomic E-state index is -1.20. The molecular weight excluding hydrogens is 484 g/mol. The first-order chi connectivity index (χ1) is 19.0. The molecule has 0 fully saturated rings. The zero-order chi connectivity index (χ0) is 28.9. The third kappa shape index (κ3) is 23.5. The number of aliphatic carboxylic acids is 1. The summed E-state index contributed by atoms with van der Waals surface area (Å²) in [5.74, 6) is -0.998. The van der Waals surface area contributed by atoms with E-state index in [1.807, 2.05) is 0 Å². The van der Waals surface area contributed by atoms with E-state index in [0.717, 1.165) is 44.9 Å². The molecule has 0 aromatic carbocycles. The van der Waals surface area contributed by atoms with Gasteiger partial charge in [0.25, 0.3) is 0 Å². The van der Waals surface area contributed by atoms with Gasteiger partial charge in [0, 0.05) is 13.0 Å². The van der Waals surface area contributed by atoms with Crippen molar-refractivity contribution < 1.29 is 19.8 Å². The van der Waals surface area contributed by atoms with Gasteiger partial charge < -0.3 is 10.2 Å². The summed E-state index contributed by atoms with van der Waals surface area (Å²) in [6, 6.07) is 0. The van der Waals surface area contributed by atoms with Gasteiger partial charge in [-0.1, -0.05) is 167 Å². The van der Waals surface area contributed by atoms with Crippen LogP contribution in [0.1, 0.15) is 200 Å². The van der Waals surface area contributed by atoms with E-state index in [0.29, 0.717) is 19.4 Å². The molecule has 0 amide bonds. The van der Waals surface area contributed by atoms with Crippen LogP contribution in [0.15, 0.2) is 0 Å². The quantitative estimate of drug-likeness (QED) is 0.0643. The predicted molar refractivity (Wildman–Crippen MR) is 167 cm³/mol. The molecule has 0 aromatic heterocycles. The minimum Gasteiger partial charge on any atom is -0.481 e. The van der Waals surface area contributed by atoms with Crippen LogP contribution >= 0.6 is 0 Å². The van der Waals surface area contributed by atoms with Gasteiger partial charge in [-0.05, 0) is 26.2 Å². The number of aliphatic hydroxyl groups excluding tert-OH is 1. The number of carbonyl (C=O) groups is 2. The Morgan fingerprint density at radius 1 is 0.487 bits per heavy atom. The topological polar surface area (TPSA) is 74.6 Å². The Morgan fingerprint density at radius 3 is 1.13 bits per heavy atom. The fourth-order valence-corrected chi connectivity index (χ4v) is 5.66. The van der Waals surface area contributed by atoms with E-state index in [1.165, 1.54) is 128 Å². The van der Waals surface area contributed by atoms with Crippen LogP contribution in [0.4, 0.5) is 0 Å². The zero-order valence-corrected chi connectivity index (χ0v) is 26.4. The van der Waals surface area contributed by atoms with Gasteiger partial charge in [0.1, 0.15) is 11.2 Å². The van der Waals surface area contributed by atoms with E-state index in [9.17, 15) is 14.7 Å². The molecule has 39 heavy (non-hydrogen) atoms. The maximum absolute atomic E-state index is 12.8. The molecule has 0 saturated carbocycles. The highest BCUT2D eigenvalue weighted by Gasteiger charge is 2.39. The van der Waals surface area contributed by atoms with Crippen LogP contribution in [-0.2, 0) is 9.59 Å². The molecule has 0 aliphatic carbocycles. The lowest BCUT2D eigenvalue weighted by atomic mass is 9.78. The number of carboxylic acids is 1. The highest BCUT2D eigenvalue weighted by Crippen LogP contribution is 2.29. The lowest BCUT2D eigenvalue weighted by Crippen LogP contribution is -2.36. The van der Waals surface area contributed by atoms with Crippen molar-refractivity contribution in [3.05, 3.63) is 0 Å². The van der Waals surface area contributed by atoms with E-state index in [4.69, 9.17) is 5.11 Å². The Hall–Kier alpha value is -0.900. The summed E-state index contributed by atoms with van der Waals surface area (Å²) in [5.41, 5.74) is -1.20. The van der Waals surface area contributed by atoms with Gasteiger partial charge in [-0.15, -0.1) is 0 Å². The molecule has 4 nitrogen and oxygen atoms in total. The van der Waals surface area contributed by atoms with Gasteiger partial charge in [-0.3, -0.25) is 9.59 Å². The first-order valence-corrected chi connectivity index (χ1v) is 17.4. The molecule has 4 heteroatoms. The second kappa shape index (κ2) is 28.6. The van der Waals surface area contributed by atoms with Gasteiger partial charge in [-0.2, -0.15) is 0 Å². The molecule has 232 valence electrons. The van der Waals surface area contributed by atoms with E-state index < -0.39 is 11.4 Å². The van der Waals surface area contributed by atoms with Crippen LogP contribution in [0.25, 0.3) is 0 Å². The van der Waals surface area contributed by atoms with Crippen LogP contribution < -0.4 is 0 Å². The first-order valence-electron chi connectivity index (χ1n) is 17.4. The Kier molecular flexibility index (Phi) is 28.0. The standard InChI is InChI=1S/C35H68O4/c1-3-4-5-6-7-8-9-12-15-18-21-24-27-30-33(37)35(2,34(38)39)31-28-25-22-19-16-13-10-11-14-17-20-23-26-29-32-36/h36H,3-32H2,1-2H3,(H,38,39). The number of aliphatic hydroxyl groups is 1. The normalized spacial score (nSPS) is 13.0. The number of carbonyl (C=O) groups excluding carboxylic acids is 1. The molecule has 0 saturated heterocycles. The summed E-state index contributed by atoms with van der Waals surface area (Å²) in [5, 5.41) is 18.6. The number of rotatable bonds is 32. The molecule has 0 aliphatic heterocycles. The van der Waals surface area contributed by atoms with Crippen molar-refractivity contribution in [1.82, 2.24) is 0 Å². The van der Waals surface area contributed by atoms with Gasteiger partial charge >= 0.3 is 5.97 Å². The fourth-order valence-electron chi connectivity index (χ4n) is 5.66. The van der Waals surface area contributed by atoms with Crippen LogP contribution in [0.5, 0.6) is 0 Å². The number of ketones is 1. The van der Waals surface area contributed by atoms with Crippen molar-refractivity contribution in [3.8, 4) is 0 Å². The van der Waals surface area contributed by atoms with Crippen LogP contribution in [-0.4, -0.2) is 28.6 Å². The molecule has 0 aliphatic rings. The molecule has 0 bridgehead atoms. The van der Waals surface area contributed by atoms with Crippen molar-refractivity contribution >= 4 is 11.8 Å². The molecule has 0 spiro atoms. The van der Waals surface area contributed by atoms with Crippen molar-refractivity contribution in [2.24, 2.45) is 5.41 Å². The summed E-state index contributed by atoms with van der Waals surface area (Å²) in [4.78, 5) is 24.7. The molecular formula is C35H68O4. The fraction of sp³-hybridized carbons (Fsp3) is 0.943. The van der Waals surface area contributed by atoms with E-state index >= 15 is 0 Å². The van der Waals surface area contributed by atoms with Crippen molar-refractivity contribution in [1.29, 1.82) is 0 Å². The van der Waals surface area contributed by atoms with Crippen LogP contribution in [0.2, 0.25) is 0 Å². The third-order valence-corrected chi connectivity index (χ3v) is 8.68. The number of carboxylic acid groups (broad SMARTS) is 1. The Bertz CT molecular complexity index is 547. The van der Waals surface area contributed by atoms with Crippen molar-refractivity contribution in [2.45, 2.75) is 200 Å². The maximum atomic E-state index is 12.8. The summed E-state index contributed by atoms with van der Waals surface area (Å²) >= 11 is 0. The van der Waals surface area contributed by atoms with Gasteiger partial charge in [0.15, 0.2) is 0 Å².